The lowest BCUT2D eigenvalue weighted by molar-refractivity contribution is -0.148. The zero-order chi connectivity index (χ0) is 19.8. The number of ether oxygens (including phenoxy) is 1. The molecule has 2 unspecified atom stereocenters. The maximum atomic E-state index is 12.8. The molecular formula is C23H35NO3. The summed E-state index contributed by atoms with van der Waals surface area (Å²) in [6.45, 7) is 7.21. The van der Waals surface area contributed by atoms with E-state index >= 15 is 0 Å². The van der Waals surface area contributed by atoms with Gasteiger partial charge >= 0.3 is 5.97 Å². The monoisotopic (exact) mass is 373 g/mol. The van der Waals surface area contributed by atoms with Crippen LogP contribution in [0.5, 0.6) is 0 Å². The van der Waals surface area contributed by atoms with Crippen molar-refractivity contribution in [1.29, 1.82) is 0 Å². The van der Waals surface area contributed by atoms with Crippen LogP contribution in [-0.2, 0) is 9.53 Å². The molecule has 4 nitrogen and oxygen atoms in total. The minimum atomic E-state index is -0.186. The number of rotatable bonds is 9. The number of hydrogen-bond donors (Lipinski definition) is 1. The van der Waals surface area contributed by atoms with Crippen LogP contribution in [0, 0.1) is 17.8 Å². The molecule has 1 aromatic carbocycles. The van der Waals surface area contributed by atoms with Crippen molar-refractivity contribution in [2.75, 3.05) is 13.2 Å². The van der Waals surface area contributed by atoms with Crippen molar-refractivity contribution in [3.05, 3.63) is 35.4 Å². The van der Waals surface area contributed by atoms with Gasteiger partial charge < -0.3 is 10.5 Å². The van der Waals surface area contributed by atoms with Gasteiger partial charge in [0.05, 0.1) is 12.5 Å². The fourth-order valence-corrected chi connectivity index (χ4v) is 4.17. The Morgan fingerprint density at radius 3 is 2.26 bits per heavy atom. The molecule has 27 heavy (non-hydrogen) atoms. The quantitative estimate of drug-likeness (QED) is 0.502. The lowest BCUT2D eigenvalue weighted by atomic mass is 9.78. The summed E-state index contributed by atoms with van der Waals surface area (Å²) < 4.78 is 5.31. The van der Waals surface area contributed by atoms with E-state index in [2.05, 4.69) is 6.92 Å². The van der Waals surface area contributed by atoms with Gasteiger partial charge in [-0.05, 0) is 62.5 Å². The smallest absolute Gasteiger partial charge is 0.309 e. The number of ketones is 1. The summed E-state index contributed by atoms with van der Waals surface area (Å²) in [5.74, 6) is 0.744. The van der Waals surface area contributed by atoms with Crippen LogP contribution in [0.3, 0.4) is 0 Å². The van der Waals surface area contributed by atoms with Crippen molar-refractivity contribution in [2.45, 2.75) is 65.2 Å². The Morgan fingerprint density at radius 2 is 1.74 bits per heavy atom. The number of Topliss-reactive ketones (excluding diaryl/α,β-unsaturated/α-hetero) is 1. The predicted octanol–water partition coefficient (Wildman–Crippen LogP) is 4.72. The summed E-state index contributed by atoms with van der Waals surface area (Å²) >= 11 is 0. The van der Waals surface area contributed by atoms with Crippen LogP contribution in [0.4, 0.5) is 0 Å². The SMILES string of the molecule is CCCOC(=O)C(C)C(CC)c1ccc(C(=O)C2CCC(CN)CC2)cc1. The lowest BCUT2D eigenvalue weighted by Gasteiger charge is -2.27. The number of hydrogen-bond acceptors (Lipinski definition) is 4. The molecule has 1 saturated carbocycles. The molecule has 0 bridgehead atoms. The summed E-state index contributed by atoms with van der Waals surface area (Å²) in [7, 11) is 0. The Labute approximate surface area is 163 Å². The molecule has 0 aromatic heterocycles. The van der Waals surface area contributed by atoms with Crippen LogP contribution in [0.2, 0.25) is 0 Å². The highest BCUT2D eigenvalue weighted by Crippen LogP contribution is 2.32. The molecule has 4 heteroatoms. The first-order valence-corrected chi connectivity index (χ1v) is 10.5. The van der Waals surface area contributed by atoms with E-state index in [9.17, 15) is 9.59 Å². The van der Waals surface area contributed by atoms with E-state index in [0.717, 1.165) is 56.2 Å². The first kappa shape index (κ1) is 21.6. The van der Waals surface area contributed by atoms with E-state index < -0.39 is 0 Å². The lowest BCUT2D eigenvalue weighted by Crippen LogP contribution is -2.26. The van der Waals surface area contributed by atoms with Gasteiger partial charge in [-0.1, -0.05) is 45.0 Å². The summed E-state index contributed by atoms with van der Waals surface area (Å²) in [5, 5.41) is 0. The fourth-order valence-electron chi connectivity index (χ4n) is 4.17. The highest BCUT2D eigenvalue weighted by Gasteiger charge is 2.28. The Bertz CT molecular complexity index is 603. The van der Waals surface area contributed by atoms with Gasteiger partial charge in [0.2, 0.25) is 0 Å². The molecule has 0 spiro atoms. The second-order valence-corrected chi connectivity index (χ2v) is 7.91. The maximum absolute atomic E-state index is 12.8. The van der Waals surface area contributed by atoms with Crippen LogP contribution in [0.25, 0.3) is 0 Å². The molecule has 2 N–H and O–H groups in total. The van der Waals surface area contributed by atoms with Gasteiger partial charge in [-0.3, -0.25) is 9.59 Å². The van der Waals surface area contributed by atoms with Gasteiger partial charge in [-0.15, -0.1) is 0 Å². The number of nitrogens with two attached hydrogens (primary N) is 1. The highest BCUT2D eigenvalue weighted by molar-refractivity contribution is 5.97. The van der Waals surface area contributed by atoms with Gasteiger partial charge in [-0.25, -0.2) is 0 Å². The van der Waals surface area contributed by atoms with E-state index in [-0.39, 0.29) is 29.5 Å². The van der Waals surface area contributed by atoms with Gasteiger partial charge in [0.15, 0.2) is 5.78 Å². The van der Waals surface area contributed by atoms with E-state index in [4.69, 9.17) is 10.5 Å². The number of benzene rings is 1. The topological polar surface area (TPSA) is 69.4 Å². The molecule has 1 fully saturated rings. The fraction of sp³-hybridized carbons (Fsp3) is 0.652. The molecule has 0 radical (unpaired) electrons. The molecule has 1 aliphatic rings. The maximum Gasteiger partial charge on any atom is 0.309 e. The highest BCUT2D eigenvalue weighted by atomic mass is 16.5. The third-order valence-electron chi connectivity index (χ3n) is 6.04. The first-order valence-electron chi connectivity index (χ1n) is 10.5. The van der Waals surface area contributed by atoms with Gasteiger partial charge in [-0.2, -0.15) is 0 Å². The molecule has 0 amide bonds. The molecule has 0 heterocycles. The van der Waals surface area contributed by atoms with Gasteiger partial charge in [0.25, 0.3) is 0 Å². The van der Waals surface area contributed by atoms with Crippen LogP contribution in [0.1, 0.15) is 81.1 Å². The van der Waals surface area contributed by atoms with Crippen LogP contribution in [-0.4, -0.2) is 24.9 Å². The van der Waals surface area contributed by atoms with Gasteiger partial charge in [0.1, 0.15) is 0 Å². The third kappa shape index (κ3) is 5.65. The molecule has 1 aromatic rings. The number of carbonyl (C=O) groups excluding carboxylic acids is 2. The van der Waals surface area contributed by atoms with Crippen LogP contribution in [0.15, 0.2) is 24.3 Å². The van der Waals surface area contributed by atoms with Crippen molar-refractivity contribution in [2.24, 2.45) is 23.5 Å². The Hall–Kier alpha value is -1.68. The second-order valence-electron chi connectivity index (χ2n) is 7.91. The summed E-state index contributed by atoms with van der Waals surface area (Å²) in [5.41, 5.74) is 7.63. The van der Waals surface area contributed by atoms with Crippen molar-refractivity contribution < 1.29 is 14.3 Å². The standard InChI is InChI=1S/C23H35NO3/c1-4-14-27-23(26)16(3)21(5-2)18-10-12-20(13-11-18)22(25)19-8-6-17(15-24)7-9-19/h10-13,16-17,19,21H,4-9,14-15,24H2,1-3H3. The van der Waals surface area contributed by atoms with Crippen molar-refractivity contribution in [3.63, 3.8) is 0 Å². The molecule has 1 aliphatic carbocycles. The Balaban J connectivity index is 2.02. The molecule has 2 atom stereocenters. The Kier molecular flexibility index (Phi) is 8.49. The van der Waals surface area contributed by atoms with Crippen LogP contribution < -0.4 is 5.73 Å². The van der Waals surface area contributed by atoms with Crippen molar-refractivity contribution >= 4 is 11.8 Å². The minimum absolute atomic E-state index is 0.110. The second kappa shape index (κ2) is 10.6. The summed E-state index contributed by atoms with van der Waals surface area (Å²) in [4.78, 5) is 25.0. The van der Waals surface area contributed by atoms with E-state index in [1.165, 1.54) is 0 Å². The largest absolute Gasteiger partial charge is 0.465 e. The average molecular weight is 374 g/mol. The molecular weight excluding hydrogens is 338 g/mol. The molecule has 150 valence electrons. The normalized spacial score (nSPS) is 22.1. The summed E-state index contributed by atoms with van der Waals surface area (Å²) in [6, 6.07) is 7.88. The van der Waals surface area contributed by atoms with Crippen LogP contribution >= 0.6 is 0 Å². The third-order valence-corrected chi connectivity index (χ3v) is 6.04. The zero-order valence-corrected chi connectivity index (χ0v) is 17.1. The van der Waals surface area contributed by atoms with E-state index in [0.29, 0.717) is 12.5 Å². The number of esters is 1. The predicted molar refractivity (Wildman–Crippen MR) is 109 cm³/mol. The number of carbonyl (C=O) groups is 2. The van der Waals surface area contributed by atoms with E-state index in [1.807, 2.05) is 38.1 Å². The summed E-state index contributed by atoms with van der Waals surface area (Å²) in [6.07, 6.45) is 5.69. The molecule has 0 saturated heterocycles. The molecule has 0 aliphatic heterocycles. The Morgan fingerprint density at radius 1 is 1.11 bits per heavy atom. The van der Waals surface area contributed by atoms with Crippen molar-refractivity contribution in [1.82, 2.24) is 0 Å². The van der Waals surface area contributed by atoms with E-state index in [1.54, 1.807) is 0 Å². The minimum Gasteiger partial charge on any atom is -0.465 e. The first-order chi connectivity index (χ1) is 13.0. The zero-order valence-electron chi connectivity index (χ0n) is 17.1. The average Bonchev–Trinajstić information content (AvgIpc) is 2.72. The van der Waals surface area contributed by atoms with Gasteiger partial charge in [0, 0.05) is 11.5 Å². The van der Waals surface area contributed by atoms with Crippen molar-refractivity contribution in [3.8, 4) is 0 Å². The molecule has 2 rings (SSSR count).